The highest BCUT2D eigenvalue weighted by molar-refractivity contribution is 7.27. The molecule has 0 N–H and O–H groups in total. The van der Waals surface area contributed by atoms with Gasteiger partial charge in [0.05, 0.1) is 15.8 Å². The van der Waals surface area contributed by atoms with Gasteiger partial charge in [-0.25, -0.2) is 0 Å². The first-order chi connectivity index (χ1) is 28.8. The molecule has 0 amide bonds. The summed E-state index contributed by atoms with van der Waals surface area (Å²) in [6.45, 7) is 0. The first-order valence-corrected chi connectivity index (χ1v) is 20.4. The predicted octanol–water partition coefficient (Wildman–Crippen LogP) is 16.3. The Kier molecular flexibility index (Phi) is 7.40. The van der Waals surface area contributed by atoms with Crippen LogP contribution in [0.4, 0.5) is 17.1 Å². The molecule has 9 aromatic carbocycles. The third kappa shape index (κ3) is 5.12. The number of benzene rings is 9. The zero-order valence-electron chi connectivity index (χ0n) is 31.2. The Labute approximate surface area is 338 Å². The Balaban J connectivity index is 1.02. The molecule has 4 heteroatoms. The Hall–Kier alpha value is -7.40. The second-order valence-electron chi connectivity index (χ2n) is 14.8. The van der Waals surface area contributed by atoms with Crippen molar-refractivity contribution in [3.63, 3.8) is 0 Å². The van der Waals surface area contributed by atoms with Crippen LogP contribution in [0.15, 0.2) is 209 Å². The molecule has 12 rings (SSSR count). The largest absolute Gasteiger partial charge is 0.456 e. The summed E-state index contributed by atoms with van der Waals surface area (Å²) < 4.78 is 15.6. The van der Waals surface area contributed by atoms with Gasteiger partial charge in [0.15, 0.2) is 0 Å². The number of hydrogen-bond donors (Lipinski definition) is 0. The van der Waals surface area contributed by atoms with E-state index in [4.69, 9.17) is 8.83 Å². The highest BCUT2D eigenvalue weighted by Crippen LogP contribution is 2.48. The molecule has 272 valence electrons. The first-order valence-electron chi connectivity index (χ1n) is 19.6. The van der Waals surface area contributed by atoms with Gasteiger partial charge in [-0.05, 0) is 76.3 Å². The van der Waals surface area contributed by atoms with Crippen molar-refractivity contribution in [3.05, 3.63) is 200 Å². The van der Waals surface area contributed by atoms with Gasteiger partial charge >= 0.3 is 0 Å². The van der Waals surface area contributed by atoms with E-state index in [1.165, 1.54) is 42.4 Å². The second kappa shape index (κ2) is 13.1. The van der Waals surface area contributed by atoms with Crippen LogP contribution in [0.2, 0.25) is 0 Å². The van der Waals surface area contributed by atoms with Crippen molar-refractivity contribution in [1.29, 1.82) is 0 Å². The standard InChI is InChI=1S/C54H33NO2S/c1-3-12-34(13-4-1)35-24-28-38(29-25-35)55(47-22-11-21-45-44-20-10-18-41(53(44)58-54(45)47)36-14-5-2-6-15-36)39-30-26-37(27-31-39)40-17-9-19-42-43-32-33-49-50(52(43)57-51(40)42)46-16-7-8-23-48(46)56-49/h1-33H. The summed E-state index contributed by atoms with van der Waals surface area (Å²) in [5.41, 5.74) is 13.8. The molecule has 3 heterocycles. The number of fused-ring (bicyclic) bond motifs is 10. The lowest BCUT2D eigenvalue weighted by Crippen LogP contribution is -2.10. The van der Waals surface area contributed by atoms with E-state index in [9.17, 15) is 0 Å². The number of para-hydroxylation sites is 2. The van der Waals surface area contributed by atoms with Gasteiger partial charge < -0.3 is 13.7 Å². The van der Waals surface area contributed by atoms with E-state index < -0.39 is 0 Å². The lowest BCUT2D eigenvalue weighted by molar-refractivity contribution is 0.663. The van der Waals surface area contributed by atoms with Crippen LogP contribution in [0.25, 0.3) is 97.4 Å². The second-order valence-corrected chi connectivity index (χ2v) is 15.8. The van der Waals surface area contributed by atoms with Crippen molar-refractivity contribution >= 4 is 92.4 Å². The molecule has 0 atom stereocenters. The van der Waals surface area contributed by atoms with E-state index in [-0.39, 0.29) is 0 Å². The minimum Gasteiger partial charge on any atom is -0.456 e. The van der Waals surface area contributed by atoms with Gasteiger partial charge in [0, 0.05) is 48.6 Å². The third-order valence-corrected chi connectivity index (χ3v) is 12.8. The summed E-state index contributed by atoms with van der Waals surface area (Å²) in [6.07, 6.45) is 0. The maximum atomic E-state index is 6.83. The number of rotatable bonds is 6. The summed E-state index contributed by atoms with van der Waals surface area (Å²) >= 11 is 1.87. The molecule has 0 spiro atoms. The molecule has 0 radical (unpaired) electrons. The quantitative estimate of drug-likeness (QED) is 0.169. The molecule has 0 unspecified atom stereocenters. The zero-order valence-corrected chi connectivity index (χ0v) is 32.0. The summed E-state index contributed by atoms with van der Waals surface area (Å²) in [7, 11) is 0. The first kappa shape index (κ1) is 32.8. The average molecular weight is 760 g/mol. The van der Waals surface area contributed by atoms with Gasteiger partial charge in [0.1, 0.15) is 22.3 Å². The van der Waals surface area contributed by atoms with Crippen molar-refractivity contribution in [2.24, 2.45) is 0 Å². The van der Waals surface area contributed by atoms with E-state index in [2.05, 4.69) is 193 Å². The molecule has 3 aromatic heterocycles. The van der Waals surface area contributed by atoms with E-state index in [1.54, 1.807) is 0 Å². The number of nitrogens with zero attached hydrogens (tertiary/aromatic N) is 1. The van der Waals surface area contributed by atoms with Crippen LogP contribution in [0.5, 0.6) is 0 Å². The molecule has 0 saturated carbocycles. The molecule has 12 aromatic rings. The van der Waals surface area contributed by atoms with Gasteiger partial charge in [-0.15, -0.1) is 11.3 Å². The maximum Gasteiger partial charge on any atom is 0.147 e. The van der Waals surface area contributed by atoms with Gasteiger partial charge in [-0.2, -0.15) is 0 Å². The smallest absolute Gasteiger partial charge is 0.147 e. The van der Waals surface area contributed by atoms with Crippen LogP contribution in [-0.4, -0.2) is 0 Å². The van der Waals surface area contributed by atoms with Crippen LogP contribution < -0.4 is 4.90 Å². The number of hydrogen-bond acceptors (Lipinski definition) is 4. The summed E-state index contributed by atoms with van der Waals surface area (Å²) in [4.78, 5) is 2.40. The van der Waals surface area contributed by atoms with Crippen molar-refractivity contribution in [2.45, 2.75) is 0 Å². The fourth-order valence-corrected chi connectivity index (χ4v) is 10.1. The molecule has 58 heavy (non-hydrogen) atoms. The fourth-order valence-electron chi connectivity index (χ4n) is 8.77. The molecule has 0 bridgehead atoms. The molecular formula is C54H33NO2S. The van der Waals surface area contributed by atoms with E-state index in [1.807, 2.05) is 23.5 Å². The maximum absolute atomic E-state index is 6.83. The van der Waals surface area contributed by atoms with Crippen LogP contribution in [-0.2, 0) is 0 Å². The average Bonchev–Trinajstić information content (AvgIpc) is 3.99. The summed E-state index contributed by atoms with van der Waals surface area (Å²) in [5.74, 6) is 0. The van der Waals surface area contributed by atoms with Crippen molar-refractivity contribution < 1.29 is 8.83 Å². The highest BCUT2D eigenvalue weighted by atomic mass is 32.1. The fraction of sp³-hybridized carbons (Fsp3) is 0. The van der Waals surface area contributed by atoms with Crippen LogP contribution in [0.1, 0.15) is 0 Å². The van der Waals surface area contributed by atoms with Gasteiger partial charge in [-0.3, -0.25) is 0 Å². The van der Waals surface area contributed by atoms with Crippen molar-refractivity contribution in [1.82, 2.24) is 0 Å². The predicted molar refractivity (Wildman–Crippen MR) is 245 cm³/mol. The van der Waals surface area contributed by atoms with Gasteiger partial charge in [0.25, 0.3) is 0 Å². The zero-order chi connectivity index (χ0) is 38.2. The molecule has 0 fully saturated rings. The van der Waals surface area contributed by atoms with Crippen LogP contribution in [0, 0.1) is 0 Å². The topological polar surface area (TPSA) is 29.5 Å². The monoisotopic (exact) mass is 759 g/mol. The Morgan fingerprint density at radius 2 is 0.879 bits per heavy atom. The number of anilines is 3. The summed E-state index contributed by atoms with van der Waals surface area (Å²) in [5, 5.41) is 6.80. The molecule has 3 nitrogen and oxygen atoms in total. The Morgan fingerprint density at radius 3 is 1.64 bits per heavy atom. The van der Waals surface area contributed by atoms with E-state index in [0.717, 1.165) is 72.1 Å². The normalized spacial score (nSPS) is 11.8. The molecule has 0 aliphatic rings. The molecule has 0 saturated heterocycles. The van der Waals surface area contributed by atoms with E-state index >= 15 is 0 Å². The van der Waals surface area contributed by atoms with Crippen molar-refractivity contribution in [2.75, 3.05) is 4.90 Å². The Bertz CT molecular complexity index is 3490. The van der Waals surface area contributed by atoms with Crippen LogP contribution in [0.3, 0.4) is 0 Å². The summed E-state index contributed by atoms with van der Waals surface area (Å²) in [6, 6.07) is 71.4. The molecule has 0 aliphatic carbocycles. The number of furan rings is 2. The lowest BCUT2D eigenvalue weighted by atomic mass is 10.0. The molecule has 0 aliphatic heterocycles. The van der Waals surface area contributed by atoms with E-state index in [0.29, 0.717) is 0 Å². The van der Waals surface area contributed by atoms with Crippen molar-refractivity contribution in [3.8, 4) is 33.4 Å². The number of thiophene rings is 1. The van der Waals surface area contributed by atoms with Crippen LogP contribution >= 0.6 is 11.3 Å². The Morgan fingerprint density at radius 1 is 0.328 bits per heavy atom. The van der Waals surface area contributed by atoms with Gasteiger partial charge in [-0.1, -0.05) is 152 Å². The third-order valence-electron chi connectivity index (χ3n) is 11.5. The minimum absolute atomic E-state index is 0.834. The highest BCUT2D eigenvalue weighted by Gasteiger charge is 2.21. The minimum atomic E-state index is 0.834. The molecular weight excluding hydrogens is 727 g/mol. The van der Waals surface area contributed by atoms with Gasteiger partial charge in [0.2, 0.25) is 0 Å². The SMILES string of the molecule is c1ccc(-c2ccc(N(c3ccc(-c4cccc5c4oc4c5ccc5oc6ccccc6c54)cc3)c3cccc4c3sc3c(-c5ccccc5)cccc34)cc2)cc1. The lowest BCUT2D eigenvalue weighted by Gasteiger charge is -2.26.